The van der Waals surface area contributed by atoms with Gasteiger partial charge in [0.2, 0.25) is 0 Å². The van der Waals surface area contributed by atoms with Crippen molar-refractivity contribution in [2.24, 2.45) is 0 Å². The molecule has 0 fully saturated rings. The van der Waals surface area contributed by atoms with Gasteiger partial charge < -0.3 is 9.84 Å². The minimum atomic E-state index is -0.627. The van der Waals surface area contributed by atoms with Gasteiger partial charge in [-0.1, -0.05) is 28.1 Å². The maximum absolute atomic E-state index is 13.7. The molecule has 0 amide bonds. The molecule has 0 radical (unpaired) electrons. The lowest BCUT2D eigenvalue weighted by molar-refractivity contribution is 0.190. The fourth-order valence-electron chi connectivity index (χ4n) is 1.92. The van der Waals surface area contributed by atoms with E-state index in [1.165, 1.54) is 6.07 Å². The summed E-state index contributed by atoms with van der Waals surface area (Å²) < 4.78 is 20.1. The van der Waals surface area contributed by atoms with Crippen LogP contribution in [0, 0.1) is 12.7 Å². The number of ether oxygens (including phenoxy) is 1. The Morgan fingerprint density at radius 1 is 1.25 bits per heavy atom. The zero-order chi connectivity index (χ0) is 14.7. The molecule has 0 aromatic heterocycles. The van der Waals surface area contributed by atoms with Gasteiger partial charge in [0, 0.05) is 15.6 Å². The van der Waals surface area contributed by atoms with Gasteiger partial charge in [-0.2, -0.15) is 0 Å². The molecular formula is C16H16BrFO2. The summed E-state index contributed by atoms with van der Waals surface area (Å²) in [4.78, 5) is 0. The van der Waals surface area contributed by atoms with Gasteiger partial charge in [-0.25, -0.2) is 4.39 Å². The molecular weight excluding hydrogens is 323 g/mol. The van der Waals surface area contributed by atoms with Crippen LogP contribution in [0.2, 0.25) is 0 Å². The van der Waals surface area contributed by atoms with Gasteiger partial charge >= 0.3 is 0 Å². The molecule has 0 aliphatic heterocycles. The molecule has 4 heteroatoms. The van der Waals surface area contributed by atoms with E-state index < -0.39 is 6.10 Å². The van der Waals surface area contributed by atoms with E-state index in [0.717, 1.165) is 10.0 Å². The Bertz CT molecular complexity index is 611. The van der Waals surface area contributed by atoms with Crippen LogP contribution >= 0.6 is 15.9 Å². The summed E-state index contributed by atoms with van der Waals surface area (Å²) in [5.41, 5.74) is 2.20. The van der Waals surface area contributed by atoms with Gasteiger partial charge in [0.05, 0.1) is 6.10 Å². The third-order valence-corrected chi connectivity index (χ3v) is 3.50. The molecule has 1 unspecified atom stereocenters. The van der Waals surface area contributed by atoms with Crippen LogP contribution in [0.5, 0.6) is 5.75 Å². The SMILES string of the molecule is Cc1ccc(C(C)O)c(OCc2cc(Br)ccc2F)c1. The first-order chi connectivity index (χ1) is 9.47. The van der Waals surface area contributed by atoms with Crippen molar-refractivity contribution < 1.29 is 14.2 Å². The van der Waals surface area contributed by atoms with Gasteiger partial charge in [0.25, 0.3) is 0 Å². The Balaban J connectivity index is 2.22. The largest absolute Gasteiger partial charge is 0.488 e. The lowest BCUT2D eigenvalue weighted by atomic mass is 10.1. The van der Waals surface area contributed by atoms with Crippen LogP contribution in [0.4, 0.5) is 4.39 Å². The Kier molecular flexibility index (Phi) is 4.78. The molecule has 2 rings (SSSR count). The highest BCUT2D eigenvalue weighted by molar-refractivity contribution is 9.10. The van der Waals surface area contributed by atoms with Crippen LogP contribution in [0.3, 0.4) is 0 Å². The molecule has 0 spiro atoms. The van der Waals surface area contributed by atoms with E-state index in [0.29, 0.717) is 16.9 Å². The fourth-order valence-corrected chi connectivity index (χ4v) is 2.33. The minimum absolute atomic E-state index is 0.119. The monoisotopic (exact) mass is 338 g/mol. The highest BCUT2D eigenvalue weighted by Crippen LogP contribution is 2.27. The normalized spacial score (nSPS) is 12.2. The average molecular weight is 339 g/mol. The molecule has 0 saturated heterocycles. The quantitative estimate of drug-likeness (QED) is 0.887. The first kappa shape index (κ1) is 15.0. The summed E-state index contributed by atoms with van der Waals surface area (Å²) in [7, 11) is 0. The predicted octanol–water partition coefficient (Wildman–Crippen LogP) is 4.53. The highest BCUT2D eigenvalue weighted by Gasteiger charge is 2.11. The zero-order valence-corrected chi connectivity index (χ0v) is 12.9. The maximum atomic E-state index is 13.7. The molecule has 106 valence electrons. The number of hydrogen-bond donors (Lipinski definition) is 1. The molecule has 1 atom stereocenters. The summed E-state index contributed by atoms with van der Waals surface area (Å²) in [5.74, 6) is 0.277. The standard InChI is InChI=1S/C16H16BrFO2/c1-10-3-5-14(11(2)19)16(7-10)20-9-12-8-13(17)4-6-15(12)18/h3-8,11,19H,9H2,1-2H3. The van der Waals surface area contributed by atoms with Crippen molar-refractivity contribution in [3.8, 4) is 5.75 Å². The first-order valence-electron chi connectivity index (χ1n) is 6.32. The van der Waals surface area contributed by atoms with Crippen molar-refractivity contribution in [1.29, 1.82) is 0 Å². The second-order valence-electron chi connectivity index (χ2n) is 4.74. The third-order valence-electron chi connectivity index (χ3n) is 3.01. The Hall–Kier alpha value is -1.39. The lowest BCUT2D eigenvalue weighted by Gasteiger charge is -2.14. The second-order valence-corrected chi connectivity index (χ2v) is 5.66. The van der Waals surface area contributed by atoms with Crippen molar-refractivity contribution in [2.75, 3.05) is 0 Å². The number of hydrogen-bond acceptors (Lipinski definition) is 2. The smallest absolute Gasteiger partial charge is 0.129 e. The van der Waals surface area contributed by atoms with Crippen LogP contribution < -0.4 is 4.74 Å². The predicted molar refractivity (Wildman–Crippen MR) is 80.2 cm³/mol. The van der Waals surface area contributed by atoms with Gasteiger partial charge in [-0.3, -0.25) is 0 Å². The summed E-state index contributed by atoms with van der Waals surface area (Å²) in [5, 5.41) is 9.73. The van der Waals surface area contributed by atoms with Crippen molar-refractivity contribution >= 4 is 15.9 Å². The number of halogens is 2. The van der Waals surface area contributed by atoms with E-state index >= 15 is 0 Å². The van der Waals surface area contributed by atoms with Crippen molar-refractivity contribution in [2.45, 2.75) is 26.6 Å². The molecule has 2 aromatic rings. The fraction of sp³-hybridized carbons (Fsp3) is 0.250. The second kappa shape index (κ2) is 6.37. The highest BCUT2D eigenvalue weighted by atomic mass is 79.9. The summed E-state index contributed by atoms with van der Waals surface area (Å²) in [6, 6.07) is 10.3. The summed E-state index contributed by atoms with van der Waals surface area (Å²) in [6.45, 7) is 3.74. The number of aryl methyl sites for hydroxylation is 1. The minimum Gasteiger partial charge on any atom is -0.488 e. The molecule has 0 bridgehead atoms. The lowest BCUT2D eigenvalue weighted by Crippen LogP contribution is -2.03. The van der Waals surface area contributed by atoms with Crippen LogP contribution in [0.1, 0.15) is 29.7 Å². The first-order valence-corrected chi connectivity index (χ1v) is 7.12. The van der Waals surface area contributed by atoms with Crippen molar-refractivity contribution in [1.82, 2.24) is 0 Å². The molecule has 0 aliphatic rings. The Labute approximate surface area is 126 Å². The number of aliphatic hydroxyl groups is 1. The molecule has 2 aromatic carbocycles. The Morgan fingerprint density at radius 2 is 2.00 bits per heavy atom. The Morgan fingerprint density at radius 3 is 2.70 bits per heavy atom. The van der Waals surface area contributed by atoms with E-state index in [4.69, 9.17) is 4.74 Å². The third kappa shape index (κ3) is 3.58. The van der Waals surface area contributed by atoms with Crippen molar-refractivity contribution in [3.05, 3.63) is 63.4 Å². The van der Waals surface area contributed by atoms with Crippen LogP contribution in [0.15, 0.2) is 40.9 Å². The number of aliphatic hydroxyl groups excluding tert-OH is 1. The summed E-state index contributed by atoms with van der Waals surface area (Å²) in [6.07, 6.45) is -0.627. The van der Waals surface area contributed by atoms with Crippen LogP contribution in [0.25, 0.3) is 0 Å². The molecule has 0 aliphatic carbocycles. The van der Waals surface area contributed by atoms with E-state index in [1.54, 1.807) is 19.1 Å². The van der Waals surface area contributed by atoms with Gasteiger partial charge in [0.1, 0.15) is 18.2 Å². The molecule has 2 nitrogen and oxygen atoms in total. The topological polar surface area (TPSA) is 29.5 Å². The maximum Gasteiger partial charge on any atom is 0.129 e. The van der Waals surface area contributed by atoms with E-state index in [9.17, 15) is 9.50 Å². The number of rotatable bonds is 4. The summed E-state index contributed by atoms with van der Waals surface area (Å²) >= 11 is 3.31. The molecule has 0 heterocycles. The van der Waals surface area contributed by atoms with Gasteiger partial charge in [-0.15, -0.1) is 0 Å². The molecule has 0 saturated carbocycles. The van der Waals surface area contributed by atoms with E-state index in [1.807, 2.05) is 25.1 Å². The zero-order valence-electron chi connectivity index (χ0n) is 11.4. The van der Waals surface area contributed by atoms with Crippen LogP contribution in [-0.4, -0.2) is 5.11 Å². The van der Waals surface area contributed by atoms with Gasteiger partial charge in [-0.05, 0) is 43.7 Å². The van der Waals surface area contributed by atoms with Crippen LogP contribution in [-0.2, 0) is 6.61 Å². The van der Waals surface area contributed by atoms with Crippen molar-refractivity contribution in [3.63, 3.8) is 0 Å². The average Bonchev–Trinajstić information content (AvgIpc) is 2.39. The number of benzene rings is 2. The molecule has 20 heavy (non-hydrogen) atoms. The van der Waals surface area contributed by atoms with Gasteiger partial charge in [0.15, 0.2) is 0 Å². The van der Waals surface area contributed by atoms with E-state index in [2.05, 4.69) is 15.9 Å². The van der Waals surface area contributed by atoms with E-state index in [-0.39, 0.29) is 12.4 Å². The molecule has 1 N–H and O–H groups in total.